The summed E-state index contributed by atoms with van der Waals surface area (Å²) in [6.07, 6.45) is 0. The highest BCUT2D eigenvalue weighted by Crippen LogP contribution is 2.27. The molecule has 3 aromatic rings. The number of carbonyl (C=O) groups excluding carboxylic acids is 1. The lowest BCUT2D eigenvalue weighted by Crippen LogP contribution is -2.39. The van der Waals surface area contributed by atoms with Gasteiger partial charge in [0.2, 0.25) is 5.91 Å². The lowest BCUT2D eigenvalue weighted by Gasteiger charge is -2.24. The Labute approximate surface area is 173 Å². The van der Waals surface area contributed by atoms with Crippen LogP contribution in [0.5, 0.6) is 5.75 Å². The van der Waals surface area contributed by atoms with Crippen molar-refractivity contribution in [2.75, 3.05) is 19.0 Å². The zero-order valence-corrected chi connectivity index (χ0v) is 17.3. The Morgan fingerprint density at radius 1 is 0.966 bits per heavy atom. The molecule has 1 N–H and O–H groups in total. The topological polar surface area (TPSA) is 41.6 Å². The molecule has 0 saturated heterocycles. The normalized spacial score (nSPS) is 11.9. The Kier molecular flexibility index (Phi) is 7.04. The van der Waals surface area contributed by atoms with Gasteiger partial charge in [-0.2, -0.15) is 0 Å². The Bertz CT molecular complexity index is 923. The van der Waals surface area contributed by atoms with Gasteiger partial charge in [0.25, 0.3) is 0 Å². The highest BCUT2D eigenvalue weighted by Gasteiger charge is 2.19. The smallest absolute Gasteiger partial charge is 0.241 e. The molecule has 0 radical (unpaired) electrons. The van der Waals surface area contributed by atoms with E-state index in [0.717, 1.165) is 28.1 Å². The van der Waals surface area contributed by atoms with Crippen LogP contribution in [0.2, 0.25) is 0 Å². The lowest BCUT2D eigenvalue weighted by atomic mass is 10.0. The zero-order valence-electron chi connectivity index (χ0n) is 17.3. The Morgan fingerprint density at radius 3 is 2.31 bits per heavy atom. The molecule has 0 heterocycles. The number of hydrogen-bond acceptors (Lipinski definition) is 3. The molecular weight excluding hydrogens is 360 g/mol. The molecule has 0 unspecified atom stereocenters. The van der Waals surface area contributed by atoms with Gasteiger partial charge in [0.1, 0.15) is 5.75 Å². The largest absolute Gasteiger partial charge is 0.494 e. The molecule has 1 atom stereocenters. The molecule has 1 amide bonds. The molecule has 0 fully saturated rings. The third-order valence-electron chi connectivity index (χ3n) is 4.98. The number of anilines is 1. The minimum Gasteiger partial charge on any atom is -0.494 e. The monoisotopic (exact) mass is 388 g/mol. The summed E-state index contributed by atoms with van der Waals surface area (Å²) in [4.78, 5) is 14.9. The lowest BCUT2D eigenvalue weighted by molar-refractivity contribution is -0.120. The molecule has 0 bridgehead atoms. The minimum atomic E-state index is -0.273. The zero-order chi connectivity index (χ0) is 20.6. The van der Waals surface area contributed by atoms with Crippen LogP contribution in [0, 0.1) is 0 Å². The number of likely N-dealkylation sites (N-methyl/N-ethyl adjacent to an activating group) is 1. The number of carbonyl (C=O) groups is 1. The summed E-state index contributed by atoms with van der Waals surface area (Å²) in [6.45, 7) is 5.23. The molecule has 29 heavy (non-hydrogen) atoms. The average molecular weight is 389 g/mol. The molecule has 0 aromatic heterocycles. The van der Waals surface area contributed by atoms with E-state index in [-0.39, 0.29) is 11.9 Å². The van der Waals surface area contributed by atoms with Gasteiger partial charge in [-0.15, -0.1) is 0 Å². The van der Waals surface area contributed by atoms with Crippen molar-refractivity contribution in [3.63, 3.8) is 0 Å². The quantitative estimate of drug-likeness (QED) is 0.576. The van der Waals surface area contributed by atoms with Crippen molar-refractivity contribution in [3.8, 4) is 16.9 Å². The van der Waals surface area contributed by atoms with Crippen molar-refractivity contribution >= 4 is 11.6 Å². The number of hydrogen-bond donors (Lipinski definition) is 1. The number of rotatable bonds is 8. The fourth-order valence-electron chi connectivity index (χ4n) is 3.18. The van der Waals surface area contributed by atoms with Crippen LogP contribution in [0.3, 0.4) is 0 Å². The second kappa shape index (κ2) is 9.89. The number of nitrogens with one attached hydrogen (secondary N) is 1. The van der Waals surface area contributed by atoms with E-state index in [0.29, 0.717) is 13.2 Å². The highest BCUT2D eigenvalue weighted by molar-refractivity contribution is 5.98. The third-order valence-corrected chi connectivity index (χ3v) is 4.98. The van der Waals surface area contributed by atoms with Crippen molar-refractivity contribution in [2.45, 2.75) is 26.4 Å². The maximum atomic E-state index is 12.9. The summed E-state index contributed by atoms with van der Waals surface area (Å²) >= 11 is 0. The fourth-order valence-corrected chi connectivity index (χ4v) is 3.18. The second-order valence-electron chi connectivity index (χ2n) is 7.07. The molecule has 0 aliphatic carbocycles. The van der Waals surface area contributed by atoms with E-state index in [1.807, 2.05) is 105 Å². The average Bonchev–Trinajstić information content (AvgIpc) is 2.75. The molecule has 3 aromatic carbocycles. The van der Waals surface area contributed by atoms with Crippen molar-refractivity contribution in [3.05, 3.63) is 84.4 Å². The first kappa shape index (κ1) is 20.6. The molecule has 3 rings (SSSR count). The number of para-hydroxylation sites is 1. The summed E-state index contributed by atoms with van der Waals surface area (Å²) in [5, 5.41) is 3.10. The van der Waals surface area contributed by atoms with Crippen LogP contribution in [0.25, 0.3) is 11.1 Å². The van der Waals surface area contributed by atoms with Crippen LogP contribution < -0.4 is 10.1 Å². The third kappa shape index (κ3) is 5.46. The van der Waals surface area contributed by atoms with Gasteiger partial charge in [-0.25, -0.2) is 0 Å². The summed E-state index contributed by atoms with van der Waals surface area (Å²) in [6, 6.07) is 25.7. The molecule has 0 spiro atoms. The number of amides is 1. The number of nitrogens with zero attached hydrogens (tertiary/aromatic N) is 1. The Balaban J connectivity index is 1.66. The molecule has 0 aliphatic rings. The van der Waals surface area contributed by atoms with E-state index < -0.39 is 0 Å². The van der Waals surface area contributed by atoms with Gasteiger partial charge < -0.3 is 10.1 Å². The van der Waals surface area contributed by atoms with Crippen molar-refractivity contribution in [1.29, 1.82) is 0 Å². The summed E-state index contributed by atoms with van der Waals surface area (Å²) < 4.78 is 5.49. The van der Waals surface area contributed by atoms with Crippen LogP contribution in [0.4, 0.5) is 5.69 Å². The van der Waals surface area contributed by atoms with Crippen LogP contribution in [0.1, 0.15) is 19.4 Å². The molecular formula is C25H28N2O2. The molecule has 4 nitrogen and oxygen atoms in total. The van der Waals surface area contributed by atoms with Gasteiger partial charge in [0.15, 0.2) is 0 Å². The van der Waals surface area contributed by atoms with Gasteiger partial charge in [0, 0.05) is 17.8 Å². The summed E-state index contributed by atoms with van der Waals surface area (Å²) in [5.41, 5.74) is 4.06. The van der Waals surface area contributed by atoms with Gasteiger partial charge in [-0.05, 0) is 50.2 Å². The second-order valence-corrected chi connectivity index (χ2v) is 7.07. The highest BCUT2D eigenvalue weighted by atomic mass is 16.5. The SMILES string of the molecule is CCOc1ccc(CN(C)[C@@H](C)C(=O)Nc2ccccc2-c2ccccc2)cc1. The van der Waals surface area contributed by atoms with Crippen LogP contribution in [0.15, 0.2) is 78.9 Å². The Morgan fingerprint density at radius 2 is 1.62 bits per heavy atom. The van der Waals surface area contributed by atoms with Gasteiger partial charge in [0.05, 0.1) is 12.6 Å². The maximum absolute atomic E-state index is 12.9. The first-order chi connectivity index (χ1) is 14.1. The first-order valence-electron chi connectivity index (χ1n) is 9.95. The maximum Gasteiger partial charge on any atom is 0.241 e. The standard InChI is InChI=1S/C25H28N2O2/c1-4-29-22-16-14-20(15-17-22)18-27(3)19(2)25(28)26-24-13-9-8-12-23(24)21-10-6-5-7-11-21/h5-17,19H,4,18H2,1-3H3,(H,26,28)/t19-/m0/s1. The van der Waals surface area contributed by atoms with Crippen molar-refractivity contribution < 1.29 is 9.53 Å². The molecule has 0 saturated carbocycles. The number of benzene rings is 3. The van der Waals surface area contributed by atoms with Crippen LogP contribution >= 0.6 is 0 Å². The fraction of sp³-hybridized carbons (Fsp3) is 0.240. The van der Waals surface area contributed by atoms with E-state index in [4.69, 9.17) is 4.74 Å². The number of ether oxygens (including phenoxy) is 1. The van der Waals surface area contributed by atoms with Gasteiger partial charge in [-0.3, -0.25) is 9.69 Å². The minimum absolute atomic E-state index is 0.0261. The van der Waals surface area contributed by atoms with E-state index in [2.05, 4.69) is 5.32 Å². The summed E-state index contributed by atoms with van der Waals surface area (Å²) in [5.74, 6) is 0.837. The molecule has 150 valence electrons. The Hall–Kier alpha value is -3.11. The van der Waals surface area contributed by atoms with Crippen LogP contribution in [-0.4, -0.2) is 30.5 Å². The molecule has 4 heteroatoms. The predicted octanol–water partition coefficient (Wildman–Crippen LogP) is 5.21. The van der Waals surface area contributed by atoms with E-state index in [9.17, 15) is 4.79 Å². The van der Waals surface area contributed by atoms with E-state index in [1.54, 1.807) is 0 Å². The van der Waals surface area contributed by atoms with Crippen molar-refractivity contribution in [1.82, 2.24) is 4.90 Å². The predicted molar refractivity (Wildman–Crippen MR) is 119 cm³/mol. The van der Waals surface area contributed by atoms with E-state index >= 15 is 0 Å². The van der Waals surface area contributed by atoms with Gasteiger partial charge >= 0.3 is 0 Å². The molecule has 0 aliphatic heterocycles. The van der Waals surface area contributed by atoms with Crippen molar-refractivity contribution in [2.24, 2.45) is 0 Å². The van der Waals surface area contributed by atoms with E-state index in [1.165, 1.54) is 0 Å². The van der Waals surface area contributed by atoms with Crippen LogP contribution in [-0.2, 0) is 11.3 Å². The first-order valence-corrected chi connectivity index (χ1v) is 9.95. The van der Waals surface area contributed by atoms with Gasteiger partial charge in [-0.1, -0.05) is 60.7 Å². The summed E-state index contributed by atoms with van der Waals surface area (Å²) in [7, 11) is 1.96.